The summed E-state index contributed by atoms with van der Waals surface area (Å²) in [5.41, 5.74) is 3.76. The number of benzene rings is 1. The molecule has 42 heavy (non-hydrogen) atoms. The molecule has 0 radical (unpaired) electrons. The van der Waals surface area contributed by atoms with E-state index in [2.05, 4.69) is 26.7 Å². The molecule has 0 saturated carbocycles. The summed E-state index contributed by atoms with van der Waals surface area (Å²) < 4.78 is 42.5. The Balaban J connectivity index is 1.31. The Bertz CT molecular complexity index is 1280. The first-order valence-electron chi connectivity index (χ1n) is 14.2. The van der Waals surface area contributed by atoms with Crippen molar-refractivity contribution in [3.05, 3.63) is 66.1 Å². The molecule has 2 aromatic heterocycles. The second-order valence-electron chi connectivity index (χ2n) is 10.3. The molecule has 3 N–H and O–H groups in total. The molecule has 0 saturated heterocycles. The van der Waals surface area contributed by atoms with E-state index in [4.69, 9.17) is 9.72 Å². The van der Waals surface area contributed by atoms with Crippen LogP contribution in [0.1, 0.15) is 36.9 Å². The van der Waals surface area contributed by atoms with Gasteiger partial charge in [-0.25, -0.2) is 19.7 Å². The lowest BCUT2D eigenvalue weighted by Gasteiger charge is -2.25. The number of carboxylic acids is 1. The van der Waals surface area contributed by atoms with Gasteiger partial charge in [-0.3, -0.25) is 0 Å². The Labute approximate surface area is 243 Å². The molecule has 226 valence electrons. The fourth-order valence-electron chi connectivity index (χ4n) is 4.82. The molecule has 0 spiro atoms. The summed E-state index contributed by atoms with van der Waals surface area (Å²) in [4.78, 5) is 27.2. The van der Waals surface area contributed by atoms with Crippen molar-refractivity contribution >= 4 is 17.6 Å². The van der Waals surface area contributed by atoms with Crippen LogP contribution in [0.3, 0.4) is 0 Å². The van der Waals surface area contributed by atoms with E-state index >= 15 is 0 Å². The van der Waals surface area contributed by atoms with Gasteiger partial charge in [0.15, 0.2) is 0 Å². The van der Waals surface area contributed by atoms with Crippen molar-refractivity contribution < 1.29 is 27.8 Å². The molecular weight excluding hydrogens is 549 g/mol. The molecule has 1 aliphatic heterocycles. The van der Waals surface area contributed by atoms with E-state index in [0.29, 0.717) is 24.6 Å². The minimum Gasteiger partial charge on any atom is -0.480 e. The summed E-state index contributed by atoms with van der Waals surface area (Å²) >= 11 is 0. The molecule has 0 aliphatic carbocycles. The minimum absolute atomic E-state index is 0.102. The Morgan fingerprint density at radius 3 is 2.71 bits per heavy atom. The molecule has 0 amide bonds. The van der Waals surface area contributed by atoms with Crippen molar-refractivity contribution in [1.29, 1.82) is 0 Å². The molecule has 1 aromatic carbocycles. The number of carboxylic acid groups (broad SMARTS) is 1. The van der Waals surface area contributed by atoms with Gasteiger partial charge in [0, 0.05) is 37.0 Å². The third-order valence-corrected chi connectivity index (χ3v) is 7.02. The van der Waals surface area contributed by atoms with Gasteiger partial charge in [0.2, 0.25) is 0 Å². The van der Waals surface area contributed by atoms with E-state index in [1.807, 2.05) is 41.3 Å². The highest BCUT2D eigenvalue weighted by Gasteiger charge is 2.27. The van der Waals surface area contributed by atoms with E-state index < -0.39 is 24.8 Å². The predicted molar refractivity (Wildman–Crippen MR) is 154 cm³/mol. The lowest BCUT2D eigenvalue weighted by atomic mass is 10.1. The number of hydrogen-bond acceptors (Lipinski definition) is 8. The van der Waals surface area contributed by atoms with Crippen molar-refractivity contribution in [2.24, 2.45) is 0 Å². The molecular formula is C30H37F3N6O3. The molecule has 0 fully saturated rings. The van der Waals surface area contributed by atoms with Gasteiger partial charge >= 0.3 is 12.1 Å². The Morgan fingerprint density at radius 1 is 1.10 bits per heavy atom. The number of ether oxygens (including phenoxy) is 1. The molecule has 3 heterocycles. The summed E-state index contributed by atoms with van der Waals surface area (Å²) in [7, 11) is 0. The van der Waals surface area contributed by atoms with Gasteiger partial charge in [0.05, 0.1) is 12.3 Å². The lowest BCUT2D eigenvalue weighted by molar-refractivity contribution is -0.174. The second-order valence-corrected chi connectivity index (χ2v) is 10.3. The van der Waals surface area contributed by atoms with Crippen molar-refractivity contribution in [3.63, 3.8) is 0 Å². The van der Waals surface area contributed by atoms with Crippen LogP contribution >= 0.6 is 0 Å². The van der Waals surface area contributed by atoms with Crippen LogP contribution in [0.5, 0.6) is 0 Å². The number of nitrogens with zero attached hydrogens (tertiary/aromatic N) is 4. The standard InChI is InChI=1S/C30H37F3N6O3/c31-30(32,33)20-42-18-17-39(15-5-4-10-24-12-11-23-9-6-14-34-28(23)37-24)16-13-25(29(40)41)38-27-19-26(35-21-36-27)22-7-2-1-3-8-22/h1-3,7-8,11-12,19,21,25H,4-6,9-10,13-18,20H2,(H,34,37)(H,40,41)(H,35,36,38). The van der Waals surface area contributed by atoms with Crippen molar-refractivity contribution in [2.45, 2.75) is 50.7 Å². The maximum Gasteiger partial charge on any atom is 0.411 e. The molecule has 12 heteroatoms. The summed E-state index contributed by atoms with van der Waals surface area (Å²) in [6.45, 7) is 0.722. The second kappa shape index (κ2) is 15.5. The average molecular weight is 587 g/mol. The summed E-state index contributed by atoms with van der Waals surface area (Å²) in [6.07, 6.45) is 1.73. The van der Waals surface area contributed by atoms with Crippen LogP contribution in [0.2, 0.25) is 0 Å². The summed E-state index contributed by atoms with van der Waals surface area (Å²) in [6, 6.07) is 14.4. The van der Waals surface area contributed by atoms with Crippen LogP contribution in [-0.2, 0) is 22.4 Å². The largest absolute Gasteiger partial charge is 0.480 e. The van der Waals surface area contributed by atoms with E-state index in [-0.39, 0.29) is 19.6 Å². The van der Waals surface area contributed by atoms with E-state index in [1.165, 1.54) is 11.9 Å². The van der Waals surface area contributed by atoms with Gasteiger partial charge in [0.1, 0.15) is 30.6 Å². The first-order chi connectivity index (χ1) is 20.3. The summed E-state index contributed by atoms with van der Waals surface area (Å²) in [5, 5.41) is 16.2. The van der Waals surface area contributed by atoms with E-state index in [9.17, 15) is 23.1 Å². The van der Waals surface area contributed by atoms with Gasteiger partial charge in [0.25, 0.3) is 0 Å². The van der Waals surface area contributed by atoms with Crippen LogP contribution in [0.15, 0.2) is 54.9 Å². The first-order valence-corrected chi connectivity index (χ1v) is 14.2. The number of aromatic nitrogens is 3. The highest BCUT2D eigenvalue weighted by molar-refractivity contribution is 5.77. The summed E-state index contributed by atoms with van der Waals surface area (Å²) in [5.74, 6) is 0.285. The number of anilines is 2. The third kappa shape index (κ3) is 10.3. The topological polar surface area (TPSA) is 112 Å². The molecule has 1 unspecified atom stereocenters. The number of rotatable bonds is 16. The zero-order chi connectivity index (χ0) is 29.8. The Morgan fingerprint density at radius 2 is 1.93 bits per heavy atom. The van der Waals surface area contributed by atoms with Gasteiger partial charge in [-0.05, 0) is 56.7 Å². The van der Waals surface area contributed by atoms with E-state index in [0.717, 1.165) is 55.7 Å². The maximum absolute atomic E-state index is 12.5. The monoisotopic (exact) mass is 586 g/mol. The van der Waals surface area contributed by atoms with Crippen molar-refractivity contribution in [2.75, 3.05) is 50.0 Å². The van der Waals surface area contributed by atoms with Crippen LogP contribution in [0.4, 0.5) is 24.8 Å². The van der Waals surface area contributed by atoms with Crippen LogP contribution in [0.25, 0.3) is 11.3 Å². The first kappa shape index (κ1) is 31.2. The van der Waals surface area contributed by atoms with Gasteiger partial charge in [-0.1, -0.05) is 36.4 Å². The highest BCUT2D eigenvalue weighted by atomic mass is 19.4. The molecule has 4 rings (SSSR count). The SMILES string of the molecule is O=C(O)C(CCN(CCCCc1ccc2c(n1)NCCC2)CCOCC(F)(F)F)Nc1cc(-c2ccccc2)ncn1. The van der Waals surface area contributed by atoms with Crippen molar-refractivity contribution in [1.82, 2.24) is 19.9 Å². The zero-order valence-electron chi connectivity index (χ0n) is 23.4. The molecule has 9 nitrogen and oxygen atoms in total. The lowest BCUT2D eigenvalue weighted by Crippen LogP contribution is -2.37. The van der Waals surface area contributed by atoms with Crippen LogP contribution in [-0.4, -0.2) is 82.5 Å². The Kier molecular flexibility index (Phi) is 11.5. The van der Waals surface area contributed by atoms with E-state index in [1.54, 1.807) is 6.07 Å². The normalized spacial score (nSPS) is 13.8. The fourth-order valence-corrected chi connectivity index (χ4v) is 4.82. The quantitative estimate of drug-likeness (QED) is 0.198. The number of aryl methyl sites for hydroxylation is 2. The van der Waals surface area contributed by atoms with Crippen LogP contribution < -0.4 is 10.6 Å². The van der Waals surface area contributed by atoms with Crippen molar-refractivity contribution in [3.8, 4) is 11.3 Å². The van der Waals surface area contributed by atoms with Crippen LogP contribution in [0, 0.1) is 0 Å². The average Bonchev–Trinajstić information content (AvgIpc) is 2.99. The zero-order valence-corrected chi connectivity index (χ0v) is 23.4. The number of carbonyl (C=O) groups is 1. The number of alkyl halides is 3. The predicted octanol–water partition coefficient (Wildman–Crippen LogP) is 5.06. The Hall–Kier alpha value is -3.77. The molecule has 1 atom stereocenters. The third-order valence-electron chi connectivity index (χ3n) is 7.02. The number of nitrogens with one attached hydrogen (secondary N) is 2. The maximum atomic E-state index is 12.5. The molecule has 0 bridgehead atoms. The number of hydrogen-bond donors (Lipinski definition) is 3. The number of unbranched alkanes of at least 4 members (excludes halogenated alkanes) is 1. The van der Waals surface area contributed by atoms with Gasteiger partial charge in [-0.2, -0.15) is 13.2 Å². The smallest absolute Gasteiger partial charge is 0.411 e. The minimum atomic E-state index is -4.39. The fraction of sp³-hybridized carbons (Fsp3) is 0.467. The molecule has 1 aliphatic rings. The molecule has 3 aromatic rings. The van der Waals surface area contributed by atoms with Gasteiger partial charge in [-0.15, -0.1) is 0 Å². The number of fused-ring (bicyclic) bond motifs is 1. The van der Waals surface area contributed by atoms with Gasteiger partial charge < -0.3 is 25.4 Å². The highest BCUT2D eigenvalue weighted by Crippen LogP contribution is 2.21. The number of aliphatic carboxylic acids is 1. The number of pyridine rings is 1. The number of halogens is 3.